The number of fused-ring (bicyclic) bond motifs is 1. The summed E-state index contributed by atoms with van der Waals surface area (Å²) in [6.45, 7) is 3.68. The van der Waals surface area contributed by atoms with Gasteiger partial charge >= 0.3 is 0 Å². The molecule has 1 heterocycles. The first-order chi connectivity index (χ1) is 15.6. The molecule has 0 radical (unpaired) electrons. The maximum atomic E-state index is 13.5. The predicted octanol–water partition coefficient (Wildman–Crippen LogP) is 4.56. The fraction of sp³-hybridized carbons (Fsp3) is 0.375. The van der Waals surface area contributed by atoms with Crippen LogP contribution >= 0.6 is 0 Å². The number of carbonyl (C=O) groups excluding carboxylic acids is 1. The van der Waals surface area contributed by atoms with Crippen LogP contribution in [0.3, 0.4) is 0 Å². The van der Waals surface area contributed by atoms with Crippen molar-refractivity contribution in [2.45, 2.75) is 32.8 Å². The zero-order valence-corrected chi connectivity index (χ0v) is 19.8. The highest BCUT2D eigenvalue weighted by molar-refractivity contribution is 7.92. The number of furan rings is 1. The summed E-state index contributed by atoms with van der Waals surface area (Å²) in [5.74, 6) is 0.0611. The number of nitrogens with one attached hydrogen (secondary N) is 1. The molecular weight excluding hydrogens is 447 g/mol. The monoisotopic (exact) mass is 474 g/mol. The number of carbonyl (C=O) groups is 1. The molecule has 0 aliphatic heterocycles. The van der Waals surface area contributed by atoms with Gasteiger partial charge in [0, 0.05) is 31.1 Å². The van der Waals surface area contributed by atoms with Crippen molar-refractivity contribution in [1.29, 1.82) is 0 Å². The van der Waals surface area contributed by atoms with E-state index in [0.717, 1.165) is 12.8 Å². The van der Waals surface area contributed by atoms with Crippen LogP contribution in [0.5, 0.6) is 5.75 Å². The second-order valence-electron chi connectivity index (χ2n) is 8.56. The molecule has 1 saturated carbocycles. The minimum atomic E-state index is -3.57. The van der Waals surface area contributed by atoms with Crippen molar-refractivity contribution in [3.05, 3.63) is 47.8 Å². The van der Waals surface area contributed by atoms with Crippen LogP contribution in [0.4, 0.5) is 10.1 Å². The molecule has 0 atom stereocenters. The molecule has 4 rings (SSSR count). The molecule has 0 spiro atoms. The molecule has 1 N–H and O–H groups in total. The molecule has 176 valence electrons. The van der Waals surface area contributed by atoms with Crippen LogP contribution in [-0.4, -0.2) is 40.3 Å². The van der Waals surface area contributed by atoms with Crippen LogP contribution in [0.25, 0.3) is 22.3 Å². The number of anilines is 1. The lowest BCUT2D eigenvalue weighted by Crippen LogP contribution is -2.30. The maximum absolute atomic E-state index is 13.5. The third kappa shape index (κ3) is 4.68. The quantitative estimate of drug-likeness (QED) is 0.517. The van der Waals surface area contributed by atoms with E-state index in [9.17, 15) is 17.6 Å². The number of benzene rings is 2. The lowest BCUT2D eigenvalue weighted by molar-refractivity contribution is 0.0964. The largest absolute Gasteiger partial charge is 0.489 e. The van der Waals surface area contributed by atoms with E-state index < -0.39 is 15.8 Å². The number of hydrogen-bond acceptors (Lipinski definition) is 5. The molecule has 9 heteroatoms. The standard InChI is InChI=1S/C24H27FN2O5S/c1-14(2)31-21-11-18-20(12-19(21)27(4)33(29,30)13-15-5-6-15)32-23(22(18)24(28)26-3)16-7-9-17(25)10-8-16/h7-12,14-15H,5-6,13H2,1-4H3,(H,26,28). The highest BCUT2D eigenvalue weighted by Gasteiger charge is 2.33. The zero-order valence-electron chi connectivity index (χ0n) is 19.0. The molecule has 1 amide bonds. The Morgan fingerprint density at radius 1 is 1.24 bits per heavy atom. The van der Waals surface area contributed by atoms with E-state index in [2.05, 4.69) is 5.32 Å². The van der Waals surface area contributed by atoms with Crippen LogP contribution in [0, 0.1) is 11.7 Å². The van der Waals surface area contributed by atoms with E-state index in [1.807, 2.05) is 13.8 Å². The topological polar surface area (TPSA) is 88.9 Å². The fourth-order valence-electron chi connectivity index (χ4n) is 3.71. The average molecular weight is 475 g/mol. The molecule has 1 aliphatic carbocycles. The molecule has 7 nitrogen and oxygen atoms in total. The van der Waals surface area contributed by atoms with Gasteiger partial charge in [0.25, 0.3) is 5.91 Å². The number of ether oxygens (including phenoxy) is 1. The highest BCUT2D eigenvalue weighted by Crippen LogP contribution is 2.42. The maximum Gasteiger partial charge on any atom is 0.255 e. The SMILES string of the molecule is CNC(=O)c1c(-c2ccc(F)cc2)oc2cc(N(C)S(=O)(=O)CC3CC3)c(OC(C)C)cc12. The number of hydrogen-bond donors (Lipinski definition) is 1. The minimum Gasteiger partial charge on any atom is -0.489 e. The molecule has 1 aliphatic rings. The smallest absolute Gasteiger partial charge is 0.255 e. The van der Waals surface area contributed by atoms with Crippen LogP contribution in [0.2, 0.25) is 0 Å². The first-order valence-corrected chi connectivity index (χ1v) is 12.4. The van der Waals surface area contributed by atoms with Gasteiger partial charge in [-0.25, -0.2) is 12.8 Å². The van der Waals surface area contributed by atoms with E-state index in [-0.39, 0.29) is 35.0 Å². The highest BCUT2D eigenvalue weighted by atomic mass is 32.2. The summed E-state index contributed by atoms with van der Waals surface area (Å²) in [5, 5.41) is 3.08. The Kier molecular flexibility index (Phi) is 6.09. The van der Waals surface area contributed by atoms with Crippen LogP contribution in [0.1, 0.15) is 37.0 Å². The lowest BCUT2D eigenvalue weighted by atomic mass is 10.0. The summed E-state index contributed by atoms with van der Waals surface area (Å²) >= 11 is 0. The summed E-state index contributed by atoms with van der Waals surface area (Å²) < 4.78 is 52.6. The lowest BCUT2D eigenvalue weighted by Gasteiger charge is -2.23. The average Bonchev–Trinajstić information content (AvgIpc) is 3.49. The first-order valence-electron chi connectivity index (χ1n) is 10.8. The van der Waals surface area contributed by atoms with Gasteiger partial charge in [0.05, 0.1) is 23.1 Å². The van der Waals surface area contributed by atoms with E-state index in [4.69, 9.17) is 9.15 Å². The fourth-order valence-corrected chi connectivity index (χ4v) is 5.30. The molecule has 1 fully saturated rings. The van der Waals surface area contributed by atoms with Gasteiger partial charge in [0.2, 0.25) is 10.0 Å². The van der Waals surface area contributed by atoms with Gasteiger partial charge in [0.15, 0.2) is 0 Å². The van der Waals surface area contributed by atoms with Gasteiger partial charge in [-0.05, 0) is 62.9 Å². The molecular formula is C24H27FN2O5S. The number of halogens is 1. The Bertz CT molecular complexity index is 1290. The number of rotatable bonds is 8. The number of nitrogens with zero attached hydrogens (tertiary/aromatic N) is 1. The third-order valence-electron chi connectivity index (χ3n) is 5.59. The van der Waals surface area contributed by atoms with Crippen molar-refractivity contribution in [2.75, 3.05) is 24.2 Å². The normalized spacial score (nSPS) is 14.0. The van der Waals surface area contributed by atoms with Crippen LogP contribution in [-0.2, 0) is 10.0 Å². The molecule has 3 aromatic rings. The minimum absolute atomic E-state index is 0.0745. The van der Waals surface area contributed by atoms with Gasteiger partial charge in [-0.2, -0.15) is 0 Å². The predicted molar refractivity (Wildman–Crippen MR) is 126 cm³/mol. The zero-order chi connectivity index (χ0) is 23.9. The van der Waals surface area contributed by atoms with Crippen molar-refractivity contribution in [3.63, 3.8) is 0 Å². The Hall–Kier alpha value is -3.07. The Morgan fingerprint density at radius 2 is 1.91 bits per heavy atom. The molecule has 1 aromatic heterocycles. The van der Waals surface area contributed by atoms with Gasteiger partial charge in [-0.1, -0.05) is 0 Å². The van der Waals surface area contributed by atoms with Gasteiger partial charge in [-0.3, -0.25) is 9.10 Å². The van der Waals surface area contributed by atoms with E-state index in [1.54, 1.807) is 12.1 Å². The van der Waals surface area contributed by atoms with Gasteiger partial charge in [0.1, 0.15) is 22.9 Å². The third-order valence-corrected chi connectivity index (χ3v) is 7.52. The Balaban J connectivity index is 1.92. The van der Waals surface area contributed by atoms with Crippen molar-refractivity contribution < 1.29 is 26.8 Å². The molecule has 0 bridgehead atoms. The summed E-state index contributed by atoms with van der Waals surface area (Å²) in [7, 11) is -0.564. The molecule has 33 heavy (non-hydrogen) atoms. The summed E-state index contributed by atoms with van der Waals surface area (Å²) in [5.41, 5.74) is 1.45. The van der Waals surface area contributed by atoms with Gasteiger partial charge < -0.3 is 14.5 Å². The molecule has 0 saturated heterocycles. The molecule has 2 aromatic carbocycles. The number of amides is 1. The van der Waals surface area contributed by atoms with Crippen LogP contribution < -0.4 is 14.4 Å². The van der Waals surface area contributed by atoms with Crippen molar-refractivity contribution in [2.24, 2.45) is 5.92 Å². The summed E-state index contributed by atoms with van der Waals surface area (Å²) in [4.78, 5) is 12.8. The first kappa shape index (κ1) is 23.1. The van der Waals surface area contributed by atoms with Crippen molar-refractivity contribution >= 4 is 32.6 Å². The Morgan fingerprint density at radius 3 is 2.48 bits per heavy atom. The van der Waals surface area contributed by atoms with E-state index in [1.165, 1.54) is 42.7 Å². The van der Waals surface area contributed by atoms with Gasteiger partial charge in [-0.15, -0.1) is 0 Å². The van der Waals surface area contributed by atoms with Crippen LogP contribution in [0.15, 0.2) is 40.8 Å². The summed E-state index contributed by atoms with van der Waals surface area (Å²) in [6.07, 6.45) is 1.60. The second kappa shape index (κ2) is 8.70. The van der Waals surface area contributed by atoms with Crippen molar-refractivity contribution in [1.82, 2.24) is 5.32 Å². The molecule has 0 unspecified atom stereocenters. The van der Waals surface area contributed by atoms with E-state index >= 15 is 0 Å². The van der Waals surface area contributed by atoms with Crippen molar-refractivity contribution in [3.8, 4) is 17.1 Å². The number of sulfonamides is 1. The summed E-state index contributed by atoms with van der Waals surface area (Å²) in [6, 6.07) is 8.84. The Labute approximate surface area is 192 Å². The second-order valence-corrected chi connectivity index (χ2v) is 10.6. The van der Waals surface area contributed by atoms with E-state index in [0.29, 0.717) is 28.0 Å².